The van der Waals surface area contributed by atoms with Gasteiger partial charge in [0.1, 0.15) is 6.07 Å². The quantitative estimate of drug-likeness (QED) is 0.456. The lowest BCUT2D eigenvalue weighted by molar-refractivity contribution is 0.439. The molecular formula is C17H20N4OS. The number of aromatic nitrogens is 1. The summed E-state index contributed by atoms with van der Waals surface area (Å²) in [4.78, 5) is 5.45. The van der Waals surface area contributed by atoms with Gasteiger partial charge in [0.25, 0.3) is 5.88 Å². The van der Waals surface area contributed by atoms with Gasteiger partial charge in [-0.3, -0.25) is 0 Å². The zero-order valence-electron chi connectivity index (χ0n) is 13.5. The molecule has 0 aliphatic heterocycles. The summed E-state index contributed by atoms with van der Waals surface area (Å²) in [5, 5.41) is 13.3. The van der Waals surface area contributed by atoms with Gasteiger partial charge >= 0.3 is 0 Å². The molecule has 1 N–H and O–H groups in total. The number of oxazole rings is 1. The SMILES string of the molecule is CCC(CC)c1nc(C#N)c(NN=Cc2ccc(SC)cc2)o1. The summed E-state index contributed by atoms with van der Waals surface area (Å²) in [5.41, 5.74) is 3.98. The average molecular weight is 328 g/mol. The second-order valence-corrected chi connectivity index (χ2v) is 5.88. The summed E-state index contributed by atoms with van der Waals surface area (Å²) in [5.74, 6) is 1.11. The fourth-order valence-electron chi connectivity index (χ4n) is 2.16. The van der Waals surface area contributed by atoms with Crippen LogP contribution in [0.3, 0.4) is 0 Å². The lowest BCUT2D eigenvalue weighted by Crippen LogP contribution is -1.95. The molecule has 0 radical (unpaired) electrons. The van der Waals surface area contributed by atoms with E-state index in [-0.39, 0.29) is 11.6 Å². The van der Waals surface area contributed by atoms with Crippen molar-refractivity contribution in [2.45, 2.75) is 37.5 Å². The van der Waals surface area contributed by atoms with Gasteiger partial charge in [0.15, 0.2) is 0 Å². The molecule has 0 aliphatic rings. The number of nitriles is 1. The molecule has 1 aromatic heterocycles. The normalized spacial score (nSPS) is 11.1. The molecule has 0 spiro atoms. The first-order valence-electron chi connectivity index (χ1n) is 7.55. The minimum absolute atomic E-state index is 0.223. The maximum atomic E-state index is 9.17. The van der Waals surface area contributed by atoms with Crippen molar-refractivity contribution in [3.8, 4) is 6.07 Å². The molecule has 2 rings (SSSR count). The van der Waals surface area contributed by atoms with E-state index in [1.54, 1.807) is 18.0 Å². The molecule has 23 heavy (non-hydrogen) atoms. The van der Waals surface area contributed by atoms with Crippen LogP contribution in [0.4, 0.5) is 5.88 Å². The Hall–Kier alpha value is -2.26. The molecule has 0 unspecified atom stereocenters. The smallest absolute Gasteiger partial charge is 0.252 e. The molecule has 5 nitrogen and oxygen atoms in total. The van der Waals surface area contributed by atoms with Crippen LogP contribution < -0.4 is 5.43 Å². The number of anilines is 1. The number of thioether (sulfide) groups is 1. The Morgan fingerprint density at radius 2 is 2.04 bits per heavy atom. The highest BCUT2D eigenvalue weighted by atomic mass is 32.2. The molecule has 6 heteroatoms. The highest BCUT2D eigenvalue weighted by molar-refractivity contribution is 7.98. The van der Waals surface area contributed by atoms with Gasteiger partial charge in [-0.25, -0.2) is 10.4 Å². The van der Waals surface area contributed by atoms with Gasteiger partial charge in [-0.05, 0) is 36.8 Å². The molecule has 2 aromatic rings. The van der Waals surface area contributed by atoms with Gasteiger partial charge in [-0.2, -0.15) is 10.4 Å². The van der Waals surface area contributed by atoms with Gasteiger partial charge in [0, 0.05) is 10.8 Å². The van der Waals surface area contributed by atoms with E-state index < -0.39 is 0 Å². The maximum Gasteiger partial charge on any atom is 0.252 e. The molecule has 0 bridgehead atoms. The zero-order chi connectivity index (χ0) is 16.7. The molecule has 0 saturated carbocycles. The van der Waals surface area contributed by atoms with Crippen molar-refractivity contribution >= 4 is 23.9 Å². The van der Waals surface area contributed by atoms with Gasteiger partial charge in [0.2, 0.25) is 11.6 Å². The van der Waals surface area contributed by atoms with E-state index in [4.69, 9.17) is 9.68 Å². The predicted octanol–water partition coefficient (Wildman–Crippen LogP) is 4.62. The number of nitrogens with one attached hydrogen (secondary N) is 1. The first-order valence-corrected chi connectivity index (χ1v) is 8.78. The Bertz CT molecular complexity index is 696. The molecule has 0 atom stereocenters. The first-order chi connectivity index (χ1) is 11.2. The van der Waals surface area contributed by atoms with Crippen LogP contribution in [-0.4, -0.2) is 17.5 Å². The number of hydrogen-bond acceptors (Lipinski definition) is 6. The van der Waals surface area contributed by atoms with Gasteiger partial charge in [0.05, 0.1) is 6.21 Å². The molecule has 0 fully saturated rings. The van der Waals surface area contributed by atoms with E-state index in [9.17, 15) is 0 Å². The predicted molar refractivity (Wildman–Crippen MR) is 94.0 cm³/mol. The van der Waals surface area contributed by atoms with Crippen molar-refractivity contribution in [1.82, 2.24) is 4.98 Å². The Morgan fingerprint density at radius 3 is 2.61 bits per heavy atom. The summed E-state index contributed by atoms with van der Waals surface area (Å²) >= 11 is 1.69. The summed E-state index contributed by atoms with van der Waals surface area (Å²) in [6.45, 7) is 4.15. The lowest BCUT2D eigenvalue weighted by Gasteiger charge is -2.05. The summed E-state index contributed by atoms with van der Waals surface area (Å²) in [6.07, 6.45) is 5.57. The summed E-state index contributed by atoms with van der Waals surface area (Å²) in [7, 11) is 0. The van der Waals surface area contributed by atoms with Crippen LogP contribution in [0, 0.1) is 11.3 Å². The van der Waals surface area contributed by atoms with Crippen molar-refractivity contribution in [2.75, 3.05) is 11.7 Å². The van der Waals surface area contributed by atoms with Gasteiger partial charge in [-0.15, -0.1) is 11.8 Å². The largest absolute Gasteiger partial charge is 0.422 e. The third-order valence-electron chi connectivity index (χ3n) is 3.58. The van der Waals surface area contributed by atoms with E-state index in [0.29, 0.717) is 11.8 Å². The van der Waals surface area contributed by atoms with E-state index in [0.717, 1.165) is 18.4 Å². The third kappa shape index (κ3) is 4.36. The summed E-state index contributed by atoms with van der Waals surface area (Å²) in [6, 6.07) is 10.1. The minimum Gasteiger partial charge on any atom is -0.422 e. The monoisotopic (exact) mass is 328 g/mol. The van der Waals surface area contributed by atoms with E-state index in [2.05, 4.69) is 29.4 Å². The Morgan fingerprint density at radius 1 is 1.35 bits per heavy atom. The lowest BCUT2D eigenvalue weighted by atomic mass is 10.0. The van der Waals surface area contributed by atoms with Crippen molar-refractivity contribution in [1.29, 1.82) is 5.26 Å². The maximum absolute atomic E-state index is 9.17. The molecule has 1 heterocycles. The van der Waals surface area contributed by atoms with Crippen LogP contribution in [0.5, 0.6) is 0 Å². The van der Waals surface area contributed by atoms with Crippen molar-refractivity contribution in [3.63, 3.8) is 0 Å². The topological polar surface area (TPSA) is 74.2 Å². The van der Waals surface area contributed by atoms with Gasteiger partial charge in [-0.1, -0.05) is 26.0 Å². The Kier molecular flexibility index (Phi) is 6.24. The molecule has 0 aliphatic carbocycles. The highest BCUT2D eigenvalue weighted by Crippen LogP contribution is 2.27. The highest BCUT2D eigenvalue weighted by Gasteiger charge is 2.18. The minimum atomic E-state index is 0.223. The Balaban J connectivity index is 2.10. The standard InChI is InChI=1S/C17H20N4OS/c1-4-13(5-2)16-20-15(10-18)17(22-16)21-19-11-12-6-8-14(23-3)9-7-12/h6-9,11,13,21H,4-5H2,1-3H3. The number of hydrazone groups is 1. The van der Waals surface area contributed by atoms with Crippen LogP contribution in [0.2, 0.25) is 0 Å². The molecular weight excluding hydrogens is 308 g/mol. The van der Waals surface area contributed by atoms with Crippen LogP contribution in [0.15, 0.2) is 38.7 Å². The van der Waals surface area contributed by atoms with Crippen LogP contribution in [-0.2, 0) is 0 Å². The van der Waals surface area contributed by atoms with E-state index in [1.165, 1.54) is 4.90 Å². The molecule has 1 aromatic carbocycles. The molecule has 0 saturated heterocycles. The van der Waals surface area contributed by atoms with Crippen LogP contribution >= 0.6 is 11.8 Å². The number of nitrogens with zero attached hydrogens (tertiary/aromatic N) is 3. The van der Waals surface area contributed by atoms with Crippen molar-refractivity contribution in [3.05, 3.63) is 41.4 Å². The summed E-state index contributed by atoms with van der Waals surface area (Å²) < 4.78 is 5.66. The van der Waals surface area contributed by atoms with Crippen LogP contribution in [0.1, 0.15) is 49.8 Å². The fraction of sp³-hybridized carbons (Fsp3) is 0.353. The average Bonchev–Trinajstić information content (AvgIpc) is 2.99. The fourth-order valence-corrected chi connectivity index (χ4v) is 2.56. The molecule has 0 amide bonds. The van der Waals surface area contributed by atoms with E-state index >= 15 is 0 Å². The van der Waals surface area contributed by atoms with Crippen LogP contribution in [0.25, 0.3) is 0 Å². The van der Waals surface area contributed by atoms with Crippen molar-refractivity contribution < 1.29 is 4.42 Å². The Labute approximate surface area is 140 Å². The second kappa shape index (κ2) is 8.39. The second-order valence-electron chi connectivity index (χ2n) is 5.00. The van der Waals surface area contributed by atoms with E-state index in [1.807, 2.05) is 36.6 Å². The number of rotatable bonds is 7. The van der Waals surface area contributed by atoms with Gasteiger partial charge < -0.3 is 4.42 Å². The molecule has 120 valence electrons. The number of benzene rings is 1. The zero-order valence-corrected chi connectivity index (χ0v) is 14.4. The first kappa shape index (κ1) is 17.1. The number of hydrogen-bond donors (Lipinski definition) is 1. The third-order valence-corrected chi connectivity index (χ3v) is 4.32. The van der Waals surface area contributed by atoms with Crippen molar-refractivity contribution in [2.24, 2.45) is 5.10 Å².